The number of hydrogen-bond donors (Lipinski definition) is 1. The minimum atomic E-state index is -0.765. The number of furan rings is 1. The Bertz CT molecular complexity index is 882. The standard InChI is InChI=1S/C16H10Cl3NO3/c1-8-10-4-2-3-5-13(10)22-15(8)20-16(21)23-14-11(18)6-9(17)7-12(14)19/h2-7H,1H3,(H,20,21). The Morgan fingerprint density at radius 1 is 1.13 bits per heavy atom. The third-order valence-corrected chi connectivity index (χ3v) is 4.00. The molecule has 0 spiro atoms. The van der Waals surface area contributed by atoms with Crippen LogP contribution in [0.25, 0.3) is 11.0 Å². The van der Waals surface area contributed by atoms with E-state index in [1.54, 1.807) is 0 Å². The average molecular weight is 371 g/mol. The number of nitrogens with one attached hydrogen (secondary N) is 1. The van der Waals surface area contributed by atoms with Crippen LogP contribution < -0.4 is 10.1 Å². The smallest absolute Gasteiger partial charge is 0.419 e. The van der Waals surface area contributed by atoms with Crippen LogP contribution >= 0.6 is 34.8 Å². The van der Waals surface area contributed by atoms with E-state index in [4.69, 9.17) is 44.0 Å². The first-order valence-electron chi connectivity index (χ1n) is 6.57. The molecule has 0 saturated carbocycles. The molecule has 4 nitrogen and oxygen atoms in total. The Hall–Kier alpha value is -1.88. The van der Waals surface area contributed by atoms with Crippen molar-refractivity contribution >= 4 is 57.7 Å². The number of benzene rings is 2. The average Bonchev–Trinajstić information content (AvgIpc) is 2.80. The molecule has 0 aliphatic carbocycles. The highest BCUT2D eigenvalue weighted by atomic mass is 35.5. The molecule has 0 radical (unpaired) electrons. The lowest BCUT2D eigenvalue weighted by molar-refractivity contribution is 0.214. The molecular weight excluding hydrogens is 361 g/mol. The van der Waals surface area contributed by atoms with E-state index in [2.05, 4.69) is 5.32 Å². The van der Waals surface area contributed by atoms with Crippen LogP contribution in [-0.2, 0) is 0 Å². The minimum Gasteiger partial charge on any atom is -0.440 e. The van der Waals surface area contributed by atoms with Gasteiger partial charge < -0.3 is 9.15 Å². The molecule has 7 heteroatoms. The molecule has 0 atom stereocenters. The summed E-state index contributed by atoms with van der Waals surface area (Å²) in [6, 6.07) is 10.3. The normalized spacial score (nSPS) is 10.8. The Morgan fingerprint density at radius 3 is 2.43 bits per heavy atom. The number of fused-ring (bicyclic) bond motifs is 1. The van der Waals surface area contributed by atoms with Crippen LogP contribution in [0.5, 0.6) is 5.75 Å². The zero-order chi connectivity index (χ0) is 16.6. The van der Waals surface area contributed by atoms with Gasteiger partial charge >= 0.3 is 6.09 Å². The maximum absolute atomic E-state index is 12.1. The van der Waals surface area contributed by atoms with Crippen molar-refractivity contribution in [2.24, 2.45) is 0 Å². The monoisotopic (exact) mass is 369 g/mol. The van der Waals surface area contributed by atoms with Gasteiger partial charge in [-0.15, -0.1) is 0 Å². The molecule has 118 valence electrons. The van der Waals surface area contributed by atoms with Crippen molar-refractivity contribution < 1.29 is 13.9 Å². The Kier molecular flexibility index (Phi) is 4.39. The van der Waals surface area contributed by atoms with Gasteiger partial charge in [0.15, 0.2) is 5.75 Å². The fourth-order valence-corrected chi connectivity index (χ4v) is 3.03. The van der Waals surface area contributed by atoms with Crippen LogP contribution in [0.2, 0.25) is 15.1 Å². The number of ether oxygens (including phenoxy) is 1. The van der Waals surface area contributed by atoms with E-state index in [1.165, 1.54) is 12.1 Å². The third-order valence-electron chi connectivity index (χ3n) is 3.22. The van der Waals surface area contributed by atoms with E-state index < -0.39 is 6.09 Å². The topological polar surface area (TPSA) is 51.5 Å². The van der Waals surface area contributed by atoms with Gasteiger partial charge in [0.1, 0.15) is 5.58 Å². The second-order valence-electron chi connectivity index (χ2n) is 4.77. The molecule has 2 aromatic carbocycles. The van der Waals surface area contributed by atoms with Crippen LogP contribution in [0, 0.1) is 6.92 Å². The van der Waals surface area contributed by atoms with Crippen molar-refractivity contribution in [3.05, 3.63) is 57.0 Å². The van der Waals surface area contributed by atoms with E-state index in [0.29, 0.717) is 16.5 Å². The van der Waals surface area contributed by atoms with Gasteiger partial charge in [-0.25, -0.2) is 4.79 Å². The lowest BCUT2D eigenvalue weighted by Crippen LogP contribution is -2.17. The van der Waals surface area contributed by atoms with Gasteiger partial charge in [0.25, 0.3) is 0 Å². The van der Waals surface area contributed by atoms with Gasteiger partial charge in [-0.2, -0.15) is 0 Å². The summed E-state index contributed by atoms with van der Waals surface area (Å²) in [6.45, 7) is 1.84. The first-order chi connectivity index (χ1) is 11.0. The van der Waals surface area contributed by atoms with E-state index in [0.717, 1.165) is 10.9 Å². The summed E-state index contributed by atoms with van der Waals surface area (Å²) in [6.07, 6.45) is -0.765. The van der Waals surface area contributed by atoms with Crippen LogP contribution in [-0.4, -0.2) is 6.09 Å². The highest BCUT2D eigenvalue weighted by Gasteiger charge is 2.17. The molecular formula is C16H10Cl3NO3. The number of carbonyl (C=O) groups is 1. The van der Waals surface area contributed by atoms with E-state index in [9.17, 15) is 4.79 Å². The van der Waals surface area contributed by atoms with Gasteiger partial charge in [-0.05, 0) is 25.1 Å². The second-order valence-corrected chi connectivity index (χ2v) is 6.02. The summed E-state index contributed by atoms with van der Waals surface area (Å²) in [5.74, 6) is 0.335. The zero-order valence-corrected chi connectivity index (χ0v) is 14.1. The van der Waals surface area contributed by atoms with Crippen LogP contribution in [0.1, 0.15) is 5.56 Å². The molecule has 0 fully saturated rings. The number of anilines is 1. The lowest BCUT2D eigenvalue weighted by atomic mass is 10.2. The fourth-order valence-electron chi connectivity index (χ4n) is 2.13. The first-order valence-corrected chi connectivity index (χ1v) is 7.70. The fraction of sp³-hybridized carbons (Fsp3) is 0.0625. The third kappa shape index (κ3) is 3.24. The molecule has 1 amide bonds. The summed E-state index contributed by atoms with van der Waals surface area (Å²) in [4.78, 5) is 12.1. The number of aryl methyl sites for hydroxylation is 1. The molecule has 3 aromatic rings. The number of rotatable bonds is 2. The number of hydrogen-bond acceptors (Lipinski definition) is 3. The van der Waals surface area contributed by atoms with Crippen LogP contribution in [0.4, 0.5) is 10.7 Å². The second kappa shape index (κ2) is 6.32. The summed E-state index contributed by atoms with van der Waals surface area (Å²) in [5, 5.41) is 4.07. The molecule has 0 saturated heterocycles. The summed E-state index contributed by atoms with van der Waals surface area (Å²) >= 11 is 17.8. The molecule has 0 aliphatic rings. The maximum atomic E-state index is 12.1. The van der Waals surface area contributed by atoms with Crippen molar-refractivity contribution in [1.29, 1.82) is 0 Å². The maximum Gasteiger partial charge on any atom is 0.419 e. The summed E-state index contributed by atoms with van der Waals surface area (Å²) < 4.78 is 10.7. The number of para-hydroxylation sites is 1. The molecule has 1 N–H and O–H groups in total. The molecule has 1 heterocycles. The van der Waals surface area contributed by atoms with Gasteiger partial charge in [-0.1, -0.05) is 53.0 Å². The van der Waals surface area contributed by atoms with Crippen LogP contribution in [0.15, 0.2) is 40.8 Å². The largest absolute Gasteiger partial charge is 0.440 e. The predicted octanol–water partition coefficient (Wildman–Crippen LogP) is 6.31. The highest BCUT2D eigenvalue weighted by Crippen LogP contribution is 2.36. The molecule has 1 aromatic heterocycles. The molecule has 0 unspecified atom stereocenters. The van der Waals surface area contributed by atoms with Crippen LogP contribution in [0.3, 0.4) is 0 Å². The number of amides is 1. The van der Waals surface area contributed by atoms with Gasteiger partial charge in [-0.3, -0.25) is 5.32 Å². The van der Waals surface area contributed by atoms with E-state index in [1.807, 2.05) is 31.2 Å². The SMILES string of the molecule is Cc1c(NC(=O)Oc2c(Cl)cc(Cl)cc2Cl)oc2ccccc12. The van der Waals surface area contributed by atoms with Gasteiger partial charge in [0.05, 0.1) is 10.0 Å². The summed E-state index contributed by atoms with van der Waals surface area (Å²) in [7, 11) is 0. The zero-order valence-electron chi connectivity index (χ0n) is 11.8. The number of carbonyl (C=O) groups excluding carboxylic acids is 1. The minimum absolute atomic E-state index is 0.0315. The molecule has 23 heavy (non-hydrogen) atoms. The summed E-state index contributed by atoms with van der Waals surface area (Å²) in [5.41, 5.74) is 1.47. The van der Waals surface area contributed by atoms with Crippen molar-refractivity contribution in [2.45, 2.75) is 6.92 Å². The Balaban J connectivity index is 1.83. The first kappa shape index (κ1) is 16.0. The van der Waals surface area contributed by atoms with E-state index >= 15 is 0 Å². The van der Waals surface area contributed by atoms with Crippen molar-refractivity contribution in [3.8, 4) is 5.75 Å². The predicted molar refractivity (Wildman–Crippen MR) is 92.1 cm³/mol. The van der Waals surface area contributed by atoms with E-state index in [-0.39, 0.29) is 15.8 Å². The van der Waals surface area contributed by atoms with Gasteiger partial charge in [0.2, 0.25) is 5.88 Å². The van der Waals surface area contributed by atoms with Crippen molar-refractivity contribution in [1.82, 2.24) is 0 Å². The highest BCUT2D eigenvalue weighted by molar-refractivity contribution is 6.40. The number of halogens is 3. The lowest BCUT2D eigenvalue weighted by Gasteiger charge is -2.09. The Labute approximate surface area is 146 Å². The van der Waals surface area contributed by atoms with Gasteiger partial charge in [0, 0.05) is 16.0 Å². The Morgan fingerprint density at radius 2 is 1.78 bits per heavy atom. The molecule has 0 bridgehead atoms. The van der Waals surface area contributed by atoms with Crippen molar-refractivity contribution in [3.63, 3.8) is 0 Å². The molecule has 3 rings (SSSR count). The molecule has 0 aliphatic heterocycles. The quantitative estimate of drug-likeness (QED) is 0.575. The van der Waals surface area contributed by atoms with Crippen molar-refractivity contribution in [2.75, 3.05) is 5.32 Å².